The Balaban J connectivity index is 2.61. The second kappa shape index (κ2) is 9.62. The summed E-state index contributed by atoms with van der Waals surface area (Å²) >= 11 is 1.45. The quantitative estimate of drug-likeness (QED) is 0.749. The van der Waals surface area contributed by atoms with Crippen molar-refractivity contribution in [2.75, 3.05) is 38.0 Å². The van der Waals surface area contributed by atoms with Gasteiger partial charge in [0.05, 0.1) is 12.2 Å². The van der Waals surface area contributed by atoms with Crippen molar-refractivity contribution >= 4 is 28.3 Å². The molecule has 7 heteroatoms. The molecule has 6 nitrogen and oxygen atoms in total. The molecule has 0 saturated heterocycles. The maximum atomic E-state index is 12.2. The molecule has 1 rings (SSSR count). The maximum absolute atomic E-state index is 12.2. The van der Waals surface area contributed by atoms with Crippen LogP contribution in [0.25, 0.3) is 0 Å². The van der Waals surface area contributed by atoms with Crippen molar-refractivity contribution in [3.63, 3.8) is 0 Å². The predicted molar refractivity (Wildman–Crippen MR) is 94.9 cm³/mol. The van der Waals surface area contributed by atoms with E-state index in [9.17, 15) is 9.59 Å². The molecule has 0 radical (unpaired) electrons. The SMILES string of the molecule is CCC(=O)N(CCN(CC)CC)CC(=O)Nc1nc(C)c(C)s1. The number of nitrogens with zero attached hydrogens (tertiary/aromatic N) is 3. The number of anilines is 1. The molecule has 0 spiro atoms. The van der Waals surface area contributed by atoms with E-state index in [1.807, 2.05) is 20.8 Å². The second-order valence-corrected chi connectivity index (χ2v) is 6.61. The summed E-state index contributed by atoms with van der Waals surface area (Å²) in [5.41, 5.74) is 0.924. The lowest BCUT2D eigenvalue weighted by Gasteiger charge is -2.25. The predicted octanol–water partition coefficient (Wildman–Crippen LogP) is 2.28. The molecule has 0 unspecified atom stereocenters. The van der Waals surface area contributed by atoms with Crippen LogP contribution in [-0.2, 0) is 9.59 Å². The summed E-state index contributed by atoms with van der Waals surface area (Å²) in [7, 11) is 0. The number of thiazole rings is 1. The Labute approximate surface area is 142 Å². The van der Waals surface area contributed by atoms with Crippen LogP contribution in [0.5, 0.6) is 0 Å². The van der Waals surface area contributed by atoms with Crippen LogP contribution < -0.4 is 5.32 Å². The summed E-state index contributed by atoms with van der Waals surface area (Å²) < 4.78 is 0. The minimum Gasteiger partial charge on any atom is -0.332 e. The molecule has 0 bridgehead atoms. The van der Waals surface area contributed by atoms with Gasteiger partial charge in [-0.1, -0.05) is 20.8 Å². The molecule has 0 fully saturated rings. The zero-order valence-electron chi connectivity index (χ0n) is 14.8. The van der Waals surface area contributed by atoms with Crippen LogP contribution in [0.1, 0.15) is 37.8 Å². The number of hydrogen-bond donors (Lipinski definition) is 1. The lowest BCUT2D eigenvalue weighted by Crippen LogP contribution is -2.42. The number of amides is 2. The monoisotopic (exact) mass is 340 g/mol. The molecule has 1 N–H and O–H groups in total. The number of hydrogen-bond acceptors (Lipinski definition) is 5. The Morgan fingerprint density at radius 1 is 1.13 bits per heavy atom. The van der Waals surface area contributed by atoms with Gasteiger partial charge in [-0.3, -0.25) is 9.59 Å². The largest absolute Gasteiger partial charge is 0.332 e. The van der Waals surface area contributed by atoms with Crippen LogP contribution >= 0.6 is 11.3 Å². The number of nitrogens with one attached hydrogen (secondary N) is 1. The van der Waals surface area contributed by atoms with Crippen LogP contribution in [0.2, 0.25) is 0 Å². The molecule has 1 aromatic rings. The number of aryl methyl sites for hydroxylation is 2. The Bertz CT molecular complexity index is 507. The third-order valence-electron chi connectivity index (χ3n) is 3.85. The fraction of sp³-hybridized carbons (Fsp3) is 0.688. The molecular weight excluding hydrogens is 312 g/mol. The summed E-state index contributed by atoms with van der Waals surface area (Å²) in [6.45, 7) is 13.2. The van der Waals surface area contributed by atoms with Crippen molar-refractivity contribution in [2.45, 2.75) is 41.0 Å². The van der Waals surface area contributed by atoms with E-state index >= 15 is 0 Å². The van der Waals surface area contributed by atoms with Gasteiger partial charge >= 0.3 is 0 Å². The number of rotatable bonds is 9. The first-order chi connectivity index (χ1) is 10.9. The number of carbonyl (C=O) groups excluding carboxylic acids is 2. The van der Waals surface area contributed by atoms with Gasteiger partial charge in [0.25, 0.3) is 0 Å². The first-order valence-corrected chi connectivity index (χ1v) is 8.96. The standard InChI is InChI=1S/C16H28N4O2S/c1-6-15(22)20(10-9-19(7-2)8-3)11-14(21)18-16-17-12(4)13(5)23-16/h6-11H2,1-5H3,(H,17,18,21). The van der Waals surface area contributed by atoms with Gasteiger partial charge in [-0.25, -0.2) is 4.98 Å². The van der Waals surface area contributed by atoms with Gasteiger partial charge in [0.2, 0.25) is 11.8 Å². The highest BCUT2D eigenvalue weighted by atomic mass is 32.1. The zero-order chi connectivity index (χ0) is 17.4. The first-order valence-electron chi connectivity index (χ1n) is 8.15. The van der Waals surface area contributed by atoms with Crippen molar-refractivity contribution in [1.29, 1.82) is 0 Å². The minimum atomic E-state index is -0.194. The molecule has 2 amide bonds. The van der Waals surface area contributed by atoms with E-state index in [1.54, 1.807) is 4.90 Å². The average molecular weight is 340 g/mol. The molecule has 0 aliphatic heterocycles. The molecule has 0 aliphatic rings. The van der Waals surface area contributed by atoms with Crippen molar-refractivity contribution in [3.8, 4) is 0 Å². The third-order valence-corrected chi connectivity index (χ3v) is 4.83. The highest BCUT2D eigenvalue weighted by Gasteiger charge is 2.17. The zero-order valence-corrected chi connectivity index (χ0v) is 15.6. The summed E-state index contributed by atoms with van der Waals surface area (Å²) in [4.78, 5) is 33.5. The minimum absolute atomic E-state index is 0.00111. The Kier molecular flexibility index (Phi) is 8.19. The summed E-state index contributed by atoms with van der Waals surface area (Å²) in [5, 5.41) is 3.38. The van der Waals surface area contributed by atoms with Gasteiger partial charge in [0.15, 0.2) is 5.13 Å². The van der Waals surface area contributed by atoms with Crippen LogP contribution in [0, 0.1) is 13.8 Å². The van der Waals surface area contributed by atoms with Crippen molar-refractivity contribution in [1.82, 2.24) is 14.8 Å². The average Bonchev–Trinajstić information content (AvgIpc) is 2.83. The third kappa shape index (κ3) is 6.27. The van der Waals surface area contributed by atoms with Gasteiger partial charge in [-0.2, -0.15) is 0 Å². The Morgan fingerprint density at radius 3 is 2.26 bits per heavy atom. The van der Waals surface area contributed by atoms with E-state index in [0.717, 1.165) is 30.2 Å². The maximum Gasteiger partial charge on any atom is 0.245 e. The van der Waals surface area contributed by atoms with E-state index in [2.05, 4.69) is 29.0 Å². The summed E-state index contributed by atoms with van der Waals surface area (Å²) in [6.07, 6.45) is 0.404. The topological polar surface area (TPSA) is 65.5 Å². The van der Waals surface area contributed by atoms with E-state index < -0.39 is 0 Å². The molecule has 1 heterocycles. The van der Waals surface area contributed by atoms with Crippen molar-refractivity contribution < 1.29 is 9.59 Å². The number of carbonyl (C=O) groups is 2. The van der Waals surface area contributed by atoms with E-state index in [0.29, 0.717) is 18.1 Å². The molecule has 0 aliphatic carbocycles. The first kappa shape index (κ1) is 19.6. The van der Waals surface area contributed by atoms with Gasteiger partial charge in [-0.15, -0.1) is 11.3 Å². The Morgan fingerprint density at radius 2 is 1.78 bits per heavy atom. The number of aromatic nitrogens is 1. The molecule has 1 aromatic heterocycles. The van der Waals surface area contributed by atoms with Crippen LogP contribution in [0.3, 0.4) is 0 Å². The van der Waals surface area contributed by atoms with E-state index in [1.165, 1.54) is 11.3 Å². The van der Waals surface area contributed by atoms with Gasteiger partial charge in [0, 0.05) is 24.4 Å². The number of likely N-dealkylation sites (N-methyl/N-ethyl adjacent to an activating group) is 1. The highest BCUT2D eigenvalue weighted by Crippen LogP contribution is 2.20. The molecule has 0 aromatic carbocycles. The van der Waals surface area contributed by atoms with Crippen LogP contribution in [-0.4, -0.2) is 59.3 Å². The normalized spacial score (nSPS) is 10.9. The van der Waals surface area contributed by atoms with Crippen molar-refractivity contribution in [3.05, 3.63) is 10.6 Å². The molecule has 23 heavy (non-hydrogen) atoms. The van der Waals surface area contributed by atoms with Gasteiger partial charge < -0.3 is 15.1 Å². The highest BCUT2D eigenvalue weighted by molar-refractivity contribution is 7.15. The van der Waals surface area contributed by atoms with E-state index in [4.69, 9.17) is 0 Å². The lowest BCUT2D eigenvalue weighted by molar-refractivity contribution is -0.134. The molecular formula is C16H28N4O2S. The van der Waals surface area contributed by atoms with Gasteiger partial charge in [0.1, 0.15) is 0 Å². The molecule has 0 atom stereocenters. The van der Waals surface area contributed by atoms with Gasteiger partial charge in [-0.05, 0) is 26.9 Å². The van der Waals surface area contributed by atoms with Crippen LogP contribution in [0.4, 0.5) is 5.13 Å². The summed E-state index contributed by atoms with van der Waals surface area (Å²) in [6, 6.07) is 0. The summed E-state index contributed by atoms with van der Waals surface area (Å²) in [5.74, 6) is -0.195. The second-order valence-electron chi connectivity index (χ2n) is 5.40. The van der Waals surface area contributed by atoms with E-state index in [-0.39, 0.29) is 18.4 Å². The smallest absolute Gasteiger partial charge is 0.245 e. The molecule has 130 valence electrons. The van der Waals surface area contributed by atoms with Crippen molar-refractivity contribution in [2.24, 2.45) is 0 Å². The lowest BCUT2D eigenvalue weighted by atomic mass is 10.3. The Hall–Kier alpha value is -1.47. The fourth-order valence-electron chi connectivity index (χ4n) is 2.18. The molecule has 0 saturated carbocycles. The van der Waals surface area contributed by atoms with Crippen LogP contribution in [0.15, 0.2) is 0 Å². The fourth-order valence-corrected chi connectivity index (χ4v) is 3.01.